The van der Waals surface area contributed by atoms with Crippen LogP contribution < -0.4 is 5.32 Å². The fraction of sp³-hybridized carbons (Fsp3) is 0.429. The van der Waals surface area contributed by atoms with Gasteiger partial charge >= 0.3 is 12.0 Å². The van der Waals surface area contributed by atoms with E-state index in [4.69, 9.17) is 16.7 Å². The Kier molecular flexibility index (Phi) is 4.90. The van der Waals surface area contributed by atoms with E-state index in [9.17, 15) is 14.7 Å². The van der Waals surface area contributed by atoms with Crippen LogP contribution >= 0.6 is 11.6 Å². The van der Waals surface area contributed by atoms with E-state index in [0.29, 0.717) is 18.7 Å². The summed E-state index contributed by atoms with van der Waals surface area (Å²) in [5.41, 5.74) is -0.724. The second-order valence-corrected chi connectivity index (χ2v) is 5.58. The van der Waals surface area contributed by atoms with Gasteiger partial charge in [0, 0.05) is 12.2 Å². The van der Waals surface area contributed by atoms with Crippen LogP contribution in [0.15, 0.2) is 18.2 Å². The van der Waals surface area contributed by atoms with Crippen molar-refractivity contribution in [3.63, 3.8) is 0 Å². The summed E-state index contributed by atoms with van der Waals surface area (Å²) in [5, 5.41) is 21.9. The highest BCUT2D eigenvalue weighted by molar-refractivity contribution is 6.33. The van der Waals surface area contributed by atoms with Gasteiger partial charge in [0.15, 0.2) is 0 Å². The van der Waals surface area contributed by atoms with E-state index in [2.05, 4.69) is 10.1 Å². The van der Waals surface area contributed by atoms with Crippen molar-refractivity contribution in [2.24, 2.45) is 0 Å². The molecule has 1 aliphatic heterocycles. The van der Waals surface area contributed by atoms with Crippen molar-refractivity contribution in [2.45, 2.75) is 12.0 Å². The van der Waals surface area contributed by atoms with Crippen molar-refractivity contribution in [1.29, 1.82) is 0 Å². The number of nitrogens with zero attached hydrogens (tertiary/aromatic N) is 1. The van der Waals surface area contributed by atoms with E-state index in [1.165, 1.54) is 24.1 Å². The van der Waals surface area contributed by atoms with Crippen molar-refractivity contribution < 1.29 is 24.5 Å². The number of benzene rings is 1. The molecule has 1 atom stereocenters. The molecule has 2 amide bonds. The molecule has 0 unspecified atom stereocenters. The van der Waals surface area contributed by atoms with Gasteiger partial charge in [-0.2, -0.15) is 0 Å². The maximum Gasteiger partial charge on any atom is 0.339 e. The van der Waals surface area contributed by atoms with Crippen LogP contribution in [0.25, 0.3) is 0 Å². The van der Waals surface area contributed by atoms with Crippen molar-refractivity contribution in [2.75, 3.05) is 32.1 Å². The number of urea groups is 1. The number of amides is 2. The molecule has 1 heterocycles. The SMILES string of the molecule is COC(=O)c1cc(NC(=O)N2CC[C@@](O)(CO)C2)ccc1Cl. The Bertz CT molecular complexity index is 595. The van der Waals surface area contributed by atoms with Crippen molar-refractivity contribution >= 4 is 29.3 Å². The number of esters is 1. The van der Waals surface area contributed by atoms with Gasteiger partial charge in [-0.15, -0.1) is 0 Å². The number of carbonyl (C=O) groups excluding carboxylic acids is 2. The molecule has 1 aromatic rings. The Labute approximate surface area is 132 Å². The lowest BCUT2D eigenvalue weighted by Gasteiger charge is -2.21. The summed E-state index contributed by atoms with van der Waals surface area (Å²) in [5.74, 6) is -0.600. The molecule has 0 saturated carbocycles. The van der Waals surface area contributed by atoms with Gasteiger partial charge in [-0.1, -0.05) is 11.6 Å². The maximum atomic E-state index is 12.1. The normalized spacial score (nSPS) is 20.8. The first-order chi connectivity index (χ1) is 10.4. The van der Waals surface area contributed by atoms with Crippen LogP contribution in [0.3, 0.4) is 0 Å². The van der Waals surface area contributed by atoms with E-state index in [0.717, 1.165) is 0 Å². The number of hydrogen-bond acceptors (Lipinski definition) is 5. The Balaban J connectivity index is 2.08. The molecule has 0 bridgehead atoms. The van der Waals surface area contributed by atoms with Crippen molar-refractivity contribution in [3.8, 4) is 0 Å². The molecule has 0 aliphatic carbocycles. The minimum atomic E-state index is -1.26. The monoisotopic (exact) mass is 328 g/mol. The van der Waals surface area contributed by atoms with Gasteiger partial charge in [0.05, 0.1) is 30.8 Å². The number of ether oxygens (including phenoxy) is 1. The van der Waals surface area contributed by atoms with E-state index in [-0.39, 0.29) is 17.1 Å². The highest BCUT2D eigenvalue weighted by Gasteiger charge is 2.37. The number of β-amino-alcohol motifs (C(OH)–C–C–N with tert-alkyl or cyclic N) is 1. The van der Waals surface area contributed by atoms with Crippen LogP contribution in [0.1, 0.15) is 16.8 Å². The Morgan fingerprint density at radius 1 is 1.50 bits per heavy atom. The van der Waals surface area contributed by atoms with Gasteiger partial charge in [-0.3, -0.25) is 0 Å². The predicted molar refractivity (Wildman–Crippen MR) is 80.0 cm³/mol. The van der Waals surface area contributed by atoms with Crippen molar-refractivity contribution in [1.82, 2.24) is 4.90 Å². The van der Waals surface area contributed by atoms with Crippen molar-refractivity contribution in [3.05, 3.63) is 28.8 Å². The molecule has 1 aromatic carbocycles. The Morgan fingerprint density at radius 3 is 2.82 bits per heavy atom. The first-order valence-corrected chi connectivity index (χ1v) is 7.03. The van der Waals surface area contributed by atoms with Crippen LogP contribution in [0.5, 0.6) is 0 Å². The van der Waals surface area contributed by atoms with E-state index >= 15 is 0 Å². The summed E-state index contributed by atoms with van der Waals surface area (Å²) in [4.78, 5) is 25.1. The third-order valence-corrected chi connectivity index (χ3v) is 3.87. The lowest BCUT2D eigenvalue weighted by Crippen LogP contribution is -2.40. The number of nitrogens with one attached hydrogen (secondary N) is 1. The van der Waals surface area contributed by atoms with Gasteiger partial charge < -0.3 is 25.2 Å². The Hall–Kier alpha value is -1.83. The summed E-state index contributed by atoms with van der Waals surface area (Å²) in [7, 11) is 1.24. The topological polar surface area (TPSA) is 99.1 Å². The second kappa shape index (κ2) is 6.51. The van der Waals surface area contributed by atoms with Crippen LogP contribution in [0.4, 0.5) is 10.5 Å². The molecular weight excluding hydrogens is 312 g/mol. The van der Waals surface area contributed by atoms with E-state index < -0.39 is 24.2 Å². The first-order valence-electron chi connectivity index (χ1n) is 6.65. The minimum Gasteiger partial charge on any atom is -0.465 e. The third-order valence-electron chi connectivity index (χ3n) is 3.54. The van der Waals surface area contributed by atoms with Crippen LogP contribution in [0.2, 0.25) is 5.02 Å². The summed E-state index contributed by atoms with van der Waals surface area (Å²) in [6.07, 6.45) is 0.310. The predicted octanol–water partition coefficient (Wildman–Crippen LogP) is 1.09. The van der Waals surface area contributed by atoms with Crippen LogP contribution in [-0.4, -0.2) is 59.5 Å². The molecule has 2 rings (SSSR count). The summed E-state index contributed by atoms with van der Waals surface area (Å²) < 4.78 is 4.61. The number of hydrogen-bond donors (Lipinski definition) is 3. The fourth-order valence-corrected chi connectivity index (χ4v) is 2.43. The highest BCUT2D eigenvalue weighted by atomic mass is 35.5. The van der Waals surface area contributed by atoms with Gasteiger partial charge in [0.25, 0.3) is 0 Å². The molecule has 1 aliphatic rings. The van der Waals surface area contributed by atoms with Crippen LogP contribution in [-0.2, 0) is 4.74 Å². The second-order valence-electron chi connectivity index (χ2n) is 5.17. The zero-order chi connectivity index (χ0) is 16.3. The number of aliphatic hydroxyl groups is 2. The Morgan fingerprint density at radius 2 is 2.23 bits per heavy atom. The molecule has 8 heteroatoms. The zero-order valence-corrected chi connectivity index (χ0v) is 12.8. The lowest BCUT2D eigenvalue weighted by molar-refractivity contribution is -0.00246. The van der Waals surface area contributed by atoms with Gasteiger partial charge in [-0.25, -0.2) is 9.59 Å². The van der Waals surface area contributed by atoms with E-state index in [1.807, 2.05) is 0 Å². The number of carbonyl (C=O) groups is 2. The number of halogens is 1. The molecule has 0 spiro atoms. The van der Waals surface area contributed by atoms with Gasteiger partial charge in [-0.05, 0) is 24.6 Å². The molecular formula is C14H17ClN2O5. The molecule has 1 fully saturated rings. The number of anilines is 1. The number of rotatable bonds is 3. The summed E-state index contributed by atoms with van der Waals surface area (Å²) in [6, 6.07) is 4.03. The number of aliphatic hydroxyl groups excluding tert-OH is 1. The van der Waals surface area contributed by atoms with Crippen LogP contribution in [0, 0.1) is 0 Å². The molecule has 1 saturated heterocycles. The molecule has 3 N–H and O–H groups in total. The molecule has 120 valence electrons. The number of likely N-dealkylation sites (tertiary alicyclic amines) is 1. The molecule has 0 radical (unpaired) electrons. The first kappa shape index (κ1) is 16.5. The standard InChI is InChI=1S/C14H17ClN2O5/c1-22-12(19)10-6-9(2-3-11(10)15)16-13(20)17-5-4-14(21,7-17)8-18/h2-3,6,18,21H,4-5,7-8H2,1H3,(H,16,20)/t14-/m0/s1. The summed E-state index contributed by atoms with van der Waals surface area (Å²) >= 11 is 5.90. The smallest absolute Gasteiger partial charge is 0.339 e. The van der Waals surface area contributed by atoms with E-state index in [1.54, 1.807) is 6.07 Å². The average molecular weight is 329 g/mol. The molecule has 0 aromatic heterocycles. The summed E-state index contributed by atoms with van der Waals surface area (Å²) in [6.45, 7) is -0.0165. The minimum absolute atomic E-state index is 0.0484. The van der Waals surface area contributed by atoms with Gasteiger partial charge in [0.2, 0.25) is 0 Å². The average Bonchev–Trinajstić information content (AvgIpc) is 2.92. The fourth-order valence-electron chi connectivity index (χ4n) is 2.23. The quantitative estimate of drug-likeness (QED) is 0.721. The number of methoxy groups -OCH3 is 1. The third kappa shape index (κ3) is 3.49. The molecule has 7 nitrogen and oxygen atoms in total. The lowest BCUT2D eigenvalue weighted by atomic mass is 10.1. The van der Waals surface area contributed by atoms with Gasteiger partial charge in [0.1, 0.15) is 5.60 Å². The largest absolute Gasteiger partial charge is 0.465 e. The zero-order valence-electron chi connectivity index (χ0n) is 12.0. The molecule has 22 heavy (non-hydrogen) atoms. The highest BCUT2D eigenvalue weighted by Crippen LogP contribution is 2.24. The maximum absolute atomic E-state index is 12.1.